The van der Waals surface area contributed by atoms with E-state index in [1.807, 2.05) is 7.05 Å². The molecular formula is C12H21N5. The van der Waals surface area contributed by atoms with Gasteiger partial charge in [0.05, 0.1) is 0 Å². The van der Waals surface area contributed by atoms with E-state index in [9.17, 15) is 0 Å². The second-order valence-electron chi connectivity index (χ2n) is 4.45. The predicted octanol–water partition coefficient (Wildman–Crippen LogP) is 0.732. The van der Waals surface area contributed by atoms with Crippen LogP contribution in [0.5, 0.6) is 0 Å². The smallest absolute Gasteiger partial charge is 0.134 e. The first-order valence-corrected chi connectivity index (χ1v) is 6.24. The Morgan fingerprint density at radius 1 is 1.35 bits per heavy atom. The summed E-state index contributed by atoms with van der Waals surface area (Å²) in [7, 11) is 4.02. The van der Waals surface area contributed by atoms with Crippen molar-refractivity contribution in [1.29, 1.82) is 0 Å². The lowest BCUT2D eigenvalue weighted by Crippen LogP contribution is -2.28. The van der Waals surface area contributed by atoms with Crippen molar-refractivity contribution < 1.29 is 0 Å². The van der Waals surface area contributed by atoms with Gasteiger partial charge in [0.25, 0.3) is 0 Å². The van der Waals surface area contributed by atoms with Crippen molar-refractivity contribution in [3.63, 3.8) is 0 Å². The van der Waals surface area contributed by atoms with E-state index >= 15 is 0 Å². The van der Waals surface area contributed by atoms with Crippen LogP contribution >= 0.6 is 0 Å². The second-order valence-corrected chi connectivity index (χ2v) is 4.45. The number of hydrogen-bond acceptors (Lipinski definition) is 5. The summed E-state index contributed by atoms with van der Waals surface area (Å²) in [5, 5.41) is 3.14. The second kappa shape index (κ2) is 5.82. The summed E-state index contributed by atoms with van der Waals surface area (Å²) in [6, 6.07) is 2.08. The molecule has 1 saturated heterocycles. The number of nitrogens with zero attached hydrogens (tertiary/aromatic N) is 4. The number of hydrogen-bond donors (Lipinski definition) is 1. The van der Waals surface area contributed by atoms with Crippen molar-refractivity contribution in [2.75, 3.05) is 50.1 Å². The molecule has 0 saturated carbocycles. The Balaban J connectivity index is 2.05. The highest BCUT2D eigenvalue weighted by Crippen LogP contribution is 2.20. The molecule has 1 aromatic heterocycles. The van der Waals surface area contributed by atoms with Gasteiger partial charge < -0.3 is 15.1 Å². The van der Waals surface area contributed by atoms with Crippen molar-refractivity contribution >= 4 is 11.6 Å². The largest absolute Gasteiger partial charge is 0.358 e. The first-order chi connectivity index (χ1) is 8.31. The van der Waals surface area contributed by atoms with E-state index in [0.717, 1.165) is 37.8 Å². The van der Waals surface area contributed by atoms with E-state index in [0.29, 0.717) is 0 Å². The number of anilines is 2. The minimum absolute atomic E-state index is 0.951. The van der Waals surface area contributed by atoms with Crippen LogP contribution in [0, 0.1) is 0 Å². The average molecular weight is 235 g/mol. The zero-order valence-corrected chi connectivity index (χ0v) is 10.7. The Kier molecular flexibility index (Phi) is 4.14. The van der Waals surface area contributed by atoms with E-state index < -0.39 is 0 Å². The SMILES string of the molecule is CNCCN(C)c1cc(N2CCCC2)ncn1. The van der Waals surface area contributed by atoms with Gasteiger partial charge in [0, 0.05) is 39.3 Å². The van der Waals surface area contributed by atoms with Crippen LogP contribution in [-0.2, 0) is 0 Å². The van der Waals surface area contributed by atoms with E-state index in [1.165, 1.54) is 12.8 Å². The van der Waals surface area contributed by atoms with Gasteiger partial charge >= 0.3 is 0 Å². The normalized spacial score (nSPS) is 15.3. The minimum atomic E-state index is 0.951. The molecule has 5 nitrogen and oxygen atoms in total. The molecule has 0 unspecified atom stereocenters. The molecule has 0 radical (unpaired) electrons. The van der Waals surface area contributed by atoms with Crippen LogP contribution in [-0.4, -0.2) is 50.2 Å². The van der Waals surface area contributed by atoms with Crippen molar-refractivity contribution in [3.8, 4) is 0 Å². The van der Waals surface area contributed by atoms with Gasteiger partial charge in [-0.15, -0.1) is 0 Å². The molecule has 0 amide bonds. The molecule has 1 aliphatic heterocycles. The molecule has 94 valence electrons. The molecule has 0 spiro atoms. The molecule has 2 rings (SSSR count). The first-order valence-electron chi connectivity index (χ1n) is 6.24. The maximum Gasteiger partial charge on any atom is 0.134 e. The lowest BCUT2D eigenvalue weighted by Gasteiger charge is -2.21. The van der Waals surface area contributed by atoms with Crippen LogP contribution < -0.4 is 15.1 Å². The van der Waals surface area contributed by atoms with Gasteiger partial charge in [-0.25, -0.2) is 9.97 Å². The molecule has 17 heavy (non-hydrogen) atoms. The molecule has 1 fully saturated rings. The van der Waals surface area contributed by atoms with Gasteiger partial charge in [-0.2, -0.15) is 0 Å². The third-order valence-electron chi connectivity index (χ3n) is 3.16. The molecule has 0 aromatic carbocycles. The van der Waals surface area contributed by atoms with Crippen molar-refractivity contribution in [2.45, 2.75) is 12.8 Å². The molecule has 0 aliphatic carbocycles. The van der Waals surface area contributed by atoms with Crippen LogP contribution in [0.2, 0.25) is 0 Å². The van der Waals surface area contributed by atoms with Gasteiger partial charge in [0.15, 0.2) is 0 Å². The maximum atomic E-state index is 4.36. The number of likely N-dealkylation sites (N-methyl/N-ethyl adjacent to an activating group) is 2. The standard InChI is InChI=1S/C12H21N5/c1-13-5-8-16(2)11-9-12(15-10-14-11)17-6-3-4-7-17/h9-10,13H,3-8H2,1-2H3. The predicted molar refractivity (Wildman–Crippen MR) is 70.7 cm³/mol. The van der Waals surface area contributed by atoms with E-state index in [1.54, 1.807) is 6.33 Å². The fourth-order valence-electron chi connectivity index (χ4n) is 2.06. The number of rotatable bonds is 5. The summed E-state index contributed by atoms with van der Waals surface area (Å²) in [5.74, 6) is 2.06. The fraction of sp³-hybridized carbons (Fsp3) is 0.667. The minimum Gasteiger partial charge on any atom is -0.358 e. The van der Waals surface area contributed by atoms with Crippen molar-refractivity contribution in [2.24, 2.45) is 0 Å². The molecule has 1 aromatic rings. The third-order valence-corrected chi connectivity index (χ3v) is 3.16. The van der Waals surface area contributed by atoms with Crippen molar-refractivity contribution in [3.05, 3.63) is 12.4 Å². The lowest BCUT2D eigenvalue weighted by molar-refractivity contribution is 0.759. The van der Waals surface area contributed by atoms with Gasteiger partial charge in [0.1, 0.15) is 18.0 Å². The van der Waals surface area contributed by atoms with Crippen LogP contribution in [0.25, 0.3) is 0 Å². The quantitative estimate of drug-likeness (QED) is 0.815. The summed E-state index contributed by atoms with van der Waals surface area (Å²) in [6.07, 6.45) is 4.21. The van der Waals surface area contributed by atoms with Gasteiger partial charge in [-0.1, -0.05) is 0 Å². The number of aromatic nitrogens is 2. The molecule has 2 heterocycles. The highest BCUT2D eigenvalue weighted by Gasteiger charge is 2.14. The summed E-state index contributed by atoms with van der Waals surface area (Å²) < 4.78 is 0. The zero-order valence-electron chi connectivity index (χ0n) is 10.7. The van der Waals surface area contributed by atoms with Gasteiger partial charge in [-0.05, 0) is 19.9 Å². The molecule has 5 heteroatoms. The maximum absolute atomic E-state index is 4.36. The lowest BCUT2D eigenvalue weighted by atomic mass is 10.4. The molecule has 1 aliphatic rings. The van der Waals surface area contributed by atoms with Crippen molar-refractivity contribution in [1.82, 2.24) is 15.3 Å². The van der Waals surface area contributed by atoms with E-state index in [2.05, 4.69) is 38.2 Å². The molecular weight excluding hydrogens is 214 g/mol. The zero-order chi connectivity index (χ0) is 12.1. The van der Waals surface area contributed by atoms with Gasteiger partial charge in [0.2, 0.25) is 0 Å². The summed E-state index contributed by atoms with van der Waals surface area (Å²) >= 11 is 0. The van der Waals surface area contributed by atoms with Crippen LogP contribution in [0.4, 0.5) is 11.6 Å². The third kappa shape index (κ3) is 3.06. The Morgan fingerprint density at radius 3 is 2.82 bits per heavy atom. The topological polar surface area (TPSA) is 44.3 Å². The van der Waals surface area contributed by atoms with Gasteiger partial charge in [-0.3, -0.25) is 0 Å². The van der Waals surface area contributed by atoms with Crippen LogP contribution in [0.15, 0.2) is 12.4 Å². The van der Waals surface area contributed by atoms with E-state index in [4.69, 9.17) is 0 Å². The molecule has 0 bridgehead atoms. The molecule has 0 atom stereocenters. The molecule has 1 N–H and O–H groups in total. The Bertz CT molecular complexity index is 349. The summed E-state index contributed by atoms with van der Waals surface area (Å²) in [6.45, 7) is 4.15. The first kappa shape index (κ1) is 12.1. The average Bonchev–Trinajstić information content (AvgIpc) is 2.90. The highest BCUT2D eigenvalue weighted by molar-refractivity contribution is 5.50. The fourth-order valence-corrected chi connectivity index (χ4v) is 2.06. The van der Waals surface area contributed by atoms with E-state index in [-0.39, 0.29) is 0 Å². The Morgan fingerprint density at radius 2 is 2.12 bits per heavy atom. The van der Waals surface area contributed by atoms with Crippen LogP contribution in [0.3, 0.4) is 0 Å². The van der Waals surface area contributed by atoms with Crippen LogP contribution in [0.1, 0.15) is 12.8 Å². The summed E-state index contributed by atoms with van der Waals surface area (Å²) in [4.78, 5) is 13.2. The Hall–Kier alpha value is -1.36. The number of nitrogens with one attached hydrogen (secondary N) is 1. The Labute approximate surface area is 103 Å². The highest BCUT2D eigenvalue weighted by atomic mass is 15.2. The summed E-state index contributed by atoms with van der Waals surface area (Å²) in [5.41, 5.74) is 0. The monoisotopic (exact) mass is 235 g/mol.